The first-order valence-electron chi connectivity index (χ1n) is 16.3. The van der Waals surface area contributed by atoms with Gasteiger partial charge >= 0.3 is 0 Å². The molecule has 2 aromatic heterocycles. The zero-order valence-electron chi connectivity index (χ0n) is 27.6. The van der Waals surface area contributed by atoms with Crippen LogP contribution >= 0.6 is 0 Å². The Hall–Kier alpha value is -2.75. The molecule has 0 amide bonds. The van der Waals surface area contributed by atoms with Crippen molar-refractivity contribution >= 4 is 39.7 Å². The van der Waals surface area contributed by atoms with Gasteiger partial charge in [-0.25, -0.2) is 9.97 Å². The Kier molecular flexibility index (Phi) is 11.8. The predicted octanol–water partition coefficient (Wildman–Crippen LogP) is 5.24. The third-order valence-electron chi connectivity index (χ3n) is 8.59. The van der Waals surface area contributed by atoms with Gasteiger partial charge in [-0.2, -0.15) is 0 Å². The predicted molar refractivity (Wildman–Crippen MR) is 179 cm³/mol. The highest BCUT2D eigenvalue weighted by Crippen LogP contribution is 2.33. The normalized spacial score (nSPS) is 15.7. The van der Waals surface area contributed by atoms with Gasteiger partial charge in [0.15, 0.2) is 5.82 Å². The molecule has 238 valence electrons. The molecule has 1 aromatic carbocycles. The van der Waals surface area contributed by atoms with Crippen LogP contribution in [-0.4, -0.2) is 97.2 Å². The van der Waals surface area contributed by atoms with Crippen molar-refractivity contribution in [1.29, 1.82) is 0 Å². The second-order valence-corrected chi connectivity index (χ2v) is 13.6. The number of pyridine rings is 1. The molecule has 43 heavy (non-hydrogen) atoms. The number of nitrogen functional groups attached to an aromatic ring is 1. The number of carbonyl (C=O) groups is 1. The van der Waals surface area contributed by atoms with Crippen LogP contribution in [0.4, 0.5) is 11.5 Å². The summed E-state index contributed by atoms with van der Waals surface area (Å²) in [5.74, 6) is 2.11. The number of nitrogens with two attached hydrogens (primary N) is 1. The molecule has 1 fully saturated rings. The lowest BCUT2D eigenvalue weighted by molar-refractivity contribution is -0.110. The summed E-state index contributed by atoms with van der Waals surface area (Å²) in [6.45, 7) is 17.1. The summed E-state index contributed by atoms with van der Waals surface area (Å²) in [5.41, 5.74) is 10.6. The largest absolute Gasteiger partial charge is 0.382 e. The van der Waals surface area contributed by atoms with E-state index in [1.54, 1.807) is 0 Å². The van der Waals surface area contributed by atoms with Crippen molar-refractivity contribution < 1.29 is 9.53 Å². The highest BCUT2D eigenvalue weighted by Gasteiger charge is 2.23. The van der Waals surface area contributed by atoms with Crippen molar-refractivity contribution in [2.75, 3.05) is 77.2 Å². The summed E-state index contributed by atoms with van der Waals surface area (Å²) in [5, 5.41) is 1.15. The van der Waals surface area contributed by atoms with Crippen molar-refractivity contribution in [1.82, 2.24) is 24.3 Å². The van der Waals surface area contributed by atoms with E-state index in [0.717, 1.165) is 119 Å². The fourth-order valence-corrected chi connectivity index (χ4v) is 6.11. The van der Waals surface area contributed by atoms with E-state index in [-0.39, 0.29) is 5.41 Å². The van der Waals surface area contributed by atoms with Crippen LogP contribution in [0.25, 0.3) is 21.9 Å². The molecule has 0 saturated carbocycles. The number of benzene rings is 1. The third kappa shape index (κ3) is 8.89. The molecule has 1 saturated heterocycles. The fourth-order valence-electron chi connectivity index (χ4n) is 6.11. The highest BCUT2D eigenvalue weighted by molar-refractivity contribution is 6.07. The van der Waals surface area contributed by atoms with Crippen LogP contribution in [0, 0.1) is 11.3 Å². The molecule has 4 rings (SSSR count). The van der Waals surface area contributed by atoms with Gasteiger partial charge in [0.05, 0.1) is 24.2 Å². The number of ether oxygens (including phenoxy) is 1. The zero-order valence-corrected chi connectivity index (χ0v) is 27.6. The monoisotopic (exact) mass is 593 g/mol. The molecule has 9 heteroatoms. The molecule has 0 spiro atoms. The Labute approximate surface area is 258 Å². The number of rotatable bonds is 17. The molecule has 3 heterocycles. The van der Waals surface area contributed by atoms with Crippen molar-refractivity contribution in [3.8, 4) is 0 Å². The maximum absolute atomic E-state index is 10.9. The minimum absolute atomic E-state index is 0.0966. The first kappa shape index (κ1) is 33.1. The third-order valence-corrected chi connectivity index (χ3v) is 8.59. The van der Waals surface area contributed by atoms with E-state index >= 15 is 0 Å². The van der Waals surface area contributed by atoms with E-state index in [1.165, 1.54) is 5.69 Å². The fraction of sp³-hybridized carbons (Fsp3) is 0.676. The van der Waals surface area contributed by atoms with E-state index in [0.29, 0.717) is 24.8 Å². The van der Waals surface area contributed by atoms with Crippen LogP contribution < -0.4 is 10.6 Å². The number of piperazine rings is 1. The number of fused-ring (bicyclic) bond motifs is 3. The van der Waals surface area contributed by atoms with Crippen LogP contribution in [0.2, 0.25) is 0 Å². The number of carbonyl (C=O) groups excluding carboxylic acids is 1. The second-order valence-electron chi connectivity index (χ2n) is 13.6. The zero-order chi connectivity index (χ0) is 31.0. The van der Waals surface area contributed by atoms with Gasteiger partial charge in [-0.3, -0.25) is 4.90 Å². The van der Waals surface area contributed by atoms with Gasteiger partial charge in [0.25, 0.3) is 0 Å². The molecule has 0 bridgehead atoms. The Morgan fingerprint density at radius 1 is 1.12 bits per heavy atom. The quantitative estimate of drug-likeness (QED) is 0.168. The number of hydrogen-bond donors (Lipinski definition) is 1. The molecule has 2 N–H and O–H groups in total. The van der Waals surface area contributed by atoms with E-state index in [9.17, 15) is 4.79 Å². The van der Waals surface area contributed by atoms with Crippen LogP contribution in [0.15, 0.2) is 18.2 Å². The maximum Gasteiger partial charge on any atom is 0.152 e. The summed E-state index contributed by atoms with van der Waals surface area (Å²) in [7, 11) is 4.27. The molecule has 9 nitrogen and oxygen atoms in total. The minimum atomic E-state index is -0.0966. The van der Waals surface area contributed by atoms with Gasteiger partial charge in [0.2, 0.25) is 0 Å². The average Bonchev–Trinajstić information content (AvgIpc) is 3.33. The van der Waals surface area contributed by atoms with Crippen molar-refractivity contribution in [2.24, 2.45) is 11.3 Å². The summed E-state index contributed by atoms with van der Waals surface area (Å²) in [6.07, 6.45) is 6.99. The SMILES string of the molecule is CCCCc1nc2c(N)nc3ccc(N4CCN(CC(C)COCC(C)(C)CC=O)CC4)cc3c2n1CCCCN(C)C. The Balaban J connectivity index is 1.47. The number of aryl methyl sites for hydroxylation is 2. The van der Waals surface area contributed by atoms with Crippen LogP contribution in [-0.2, 0) is 22.5 Å². The molecular formula is C34H55N7O2. The Morgan fingerprint density at radius 2 is 1.88 bits per heavy atom. The smallest absolute Gasteiger partial charge is 0.152 e. The lowest BCUT2D eigenvalue weighted by atomic mass is 9.91. The summed E-state index contributed by atoms with van der Waals surface area (Å²) in [4.78, 5) is 28.0. The standard InChI is InChI=1S/C34H55N7O2/c1-7-8-11-30-37-31-32(41(30)16-10-9-15-38(5)6)28-22-27(12-13-29(28)36-33(31)35)40-19-17-39(18-20-40)23-26(2)24-43-25-34(3,4)14-21-42/h12-13,21-22,26H,7-11,14-20,23-25H2,1-6H3,(H2,35,36). The van der Waals surface area contributed by atoms with Gasteiger partial charge in [-0.15, -0.1) is 0 Å². The molecule has 1 atom stereocenters. The van der Waals surface area contributed by atoms with Crippen molar-refractivity contribution in [2.45, 2.75) is 72.8 Å². The number of aldehydes is 1. The highest BCUT2D eigenvalue weighted by atomic mass is 16.5. The van der Waals surface area contributed by atoms with Crippen LogP contribution in [0.1, 0.15) is 65.6 Å². The first-order valence-corrected chi connectivity index (χ1v) is 16.3. The van der Waals surface area contributed by atoms with E-state index in [2.05, 4.69) is 79.3 Å². The summed E-state index contributed by atoms with van der Waals surface area (Å²) < 4.78 is 8.42. The summed E-state index contributed by atoms with van der Waals surface area (Å²) >= 11 is 0. The molecule has 1 aliphatic rings. The first-order chi connectivity index (χ1) is 20.6. The van der Waals surface area contributed by atoms with E-state index in [4.69, 9.17) is 20.4 Å². The Bertz CT molecular complexity index is 1330. The number of imidazole rings is 1. The molecule has 1 aliphatic heterocycles. The van der Waals surface area contributed by atoms with Crippen LogP contribution in [0.3, 0.4) is 0 Å². The lowest BCUT2D eigenvalue weighted by Gasteiger charge is -2.37. The van der Waals surface area contributed by atoms with Gasteiger partial charge in [0, 0.05) is 63.2 Å². The number of nitrogens with zero attached hydrogens (tertiary/aromatic N) is 6. The topological polar surface area (TPSA) is 92.8 Å². The van der Waals surface area contributed by atoms with Crippen molar-refractivity contribution in [3.05, 3.63) is 24.0 Å². The van der Waals surface area contributed by atoms with Crippen LogP contribution in [0.5, 0.6) is 0 Å². The number of anilines is 2. The molecule has 0 radical (unpaired) electrons. The van der Waals surface area contributed by atoms with Gasteiger partial charge in [-0.05, 0) is 69.4 Å². The molecule has 0 aliphatic carbocycles. The Morgan fingerprint density at radius 3 is 2.58 bits per heavy atom. The van der Waals surface area contributed by atoms with Gasteiger partial charge in [-0.1, -0.05) is 34.1 Å². The number of unbranched alkanes of at least 4 members (excludes halogenated alkanes) is 2. The van der Waals surface area contributed by atoms with E-state index in [1.807, 2.05) is 0 Å². The minimum Gasteiger partial charge on any atom is -0.382 e. The molecular weight excluding hydrogens is 538 g/mol. The van der Waals surface area contributed by atoms with E-state index < -0.39 is 0 Å². The second kappa shape index (κ2) is 15.3. The summed E-state index contributed by atoms with van der Waals surface area (Å²) in [6, 6.07) is 6.65. The van der Waals surface area contributed by atoms with Crippen molar-refractivity contribution in [3.63, 3.8) is 0 Å². The lowest BCUT2D eigenvalue weighted by Crippen LogP contribution is -2.48. The molecule has 3 aromatic rings. The maximum atomic E-state index is 10.9. The van der Waals surface area contributed by atoms with Gasteiger partial charge in [0.1, 0.15) is 17.6 Å². The van der Waals surface area contributed by atoms with Gasteiger partial charge < -0.3 is 29.6 Å². The average molecular weight is 594 g/mol. The number of aromatic nitrogens is 3. The molecule has 1 unspecified atom stereocenters. The number of hydrogen-bond acceptors (Lipinski definition) is 8.